The molecule has 6 nitrogen and oxygen atoms in total. The van der Waals surface area contributed by atoms with E-state index in [4.69, 9.17) is 14.2 Å². The molecule has 1 heterocycles. The van der Waals surface area contributed by atoms with Crippen LogP contribution < -0.4 is 19.6 Å². The van der Waals surface area contributed by atoms with Crippen molar-refractivity contribution in [1.82, 2.24) is 5.43 Å². The topological polar surface area (TPSA) is 69.2 Å². The average Bonchev–Trinajstić information content (AvgIpc) is 3.36. The number of para-hydroxylation sites is 1. The van der Waals surface area contributed by atoms with Crippen LogP contribution in [0.5, 0.6) is 17.2 Å². The Labute approximate surface area is 197 Å². The van der Waals surface area contributed by atoms with Gasteiger partial charge in [0.05, 0.1) is 6.21 Å². The fourth-order valence-electron chi connectivity index (χ4n) is 3.59. The highest BCUT2D eigenvalue weighted by atomic mass is 16.7. The van der Waals surface area contributed by atoms with Crippen molar-refractivity contribution in [1.29, 1.82) is 0 Å². The Kier molecular flexibility index (Phi) is 6.21. The quantitative estimate of drug-likeness (QED) is 0.301. The summed E-state index contributed by atoms with van der Waals surface area (Å²) in [7, 11) is 0. The van der Waals surface area contributed by atoms with E-state index < -0.39 is 0 Å². The van der Waals surface area contributed by atoms with Crippen LogP contribution in [-0.2, 0) is 6.61 Å². The van der Waals surface area contributed by atoms with Crippen LogP contribution in [0.25, 0.3) is 11.1 Å². The first-order valence-electron chi connectivity index (χ1n) is 10.9. The van der Waals surface area contributed by atoms with Gasteiger partial charge in [-0.1, -0.05) is 60.7 Å². The fourth-order valence-corrected chi connectivity index (χ4v) is 3.59. The molecule has 0 atom stereocenters. The van der Waals surface area contributed by atoms with Crippen molar-refractivity contribution in [3.63, 3.8) is 0 Å². The van der Waals surface area contributed by atoms with Crippen molar-refractivity contribution in [2.45, 2.75) is 6.61 Å². The van der Waals surface area contributed by atoms with Gasteiger partial charge in [0, 0.05) is 11.1 Å². The lowest BCUT2D eigenvalue weighted by molar-refractivity contribution is 0.0955. The third-order valence-corrected chi connectivity index (χ3v) is 5.36. The standard InChI is InChI=1S/C28H22N2O4/c31-28(30-29-17-21-12-15-26-27(16-21)34-19-33-26)23-13-10-20(11-14-23)18-32-25-9-5-4-8-24(25)22-6-2-1-3-7-22/h1-17H,18-19H2,(H,30,31). The molecule has 4 aromatic rings. The lowest BCUT2D eigenvalue weighted by atomic mass is 10.0. The minimum Gasteiger partial charge on any atom is -0.488 e. The van der Waals surface area contributed by atoms with Gasteiger partial charge >= 0.3 is 0 Å². The summed E-state index contributed by atoms with van der Waals surface area (Å²) in [5.41, 5.74) is 6.96. The van der Waals surface area contributed by atoms with Gasteiger partial charge in [0.15, 0.2) is 11.5 Å². The molecule has 5 rings (SSSR count). The minimum atomic E-state index is -0.293. The summed E-state index contributed by atoms with van der Waals surface area (Å²) in [6.07, 6.45) is 1.56. The molecule has 1 N–H and O–H groups in total. The first-order valence-corrected chi connectivity index (χ1v) is 10.9. The zero-order valence-corrected chi connectivity index (χ0v) is 18.3. The zero-order valence-electron chi connectivity index (χ0n) is 18.3. The third-order valence-electron chi connectivity index (χ3n) is 5.36. The van der Waals surface area contributed by atoms with Gasteiger partial charge in [0.25, 0.3) is 5.91 Å². The van der Waals surface area contributed by atoms with E-state index in [1.807, 2.05) is 72.8 Å². The van der Waals surface area contributed by atoms with Crippen LogP contribution in [-0.4, -0.2) is 18.9 Å². The van der Waals surface area contributed by atoms with Crippen LogP contribution in [0.15, 0.2) is 102 Å². The van der Waals surface area contributed by atoms with Gasteiger partial charge in [-0.05, 0) is 53.1 Å². The predicted octanol–water partition coefficient (Wildman–Crippen LogP) is 5.43. The average molecular weight is 450 g/mol. The normalized spacial score (nSPS) is 12.0. The first-order chi connectivity index (χ1) is 16.8. The van der Waals surface area contributed by atoms with E-state index in [0.29, 0.717) is 23.7 Å². The fraction of sp³-hybridized carbons (Fsp3) is 0.0714. The Hall–Kier alpha value is -4.58. The Balaban J connectivity index is 1.18. The van der Waals surface area contributed by atoms with E-state index in [9.17, 15) is 4.79 Å². The molecule has 0 saturated heterocycles. The number of benzene rings is 4. The molecule has 0 fully saturated rings. The van der Waals surface area contributed by atoms with Crippen LogP contribution >= 0.6 is 0 Å². The second kappa shape index (κ2) is 9.92. The third kappa shape index (κ3) is 4.91. The zero-order chi connectivity index (χ0) is 23.2. The highest BCUT2D eigenvalue weighted by molar-refractivity contribution is 5.95. The summed E-state index contributed by atoms with van der Waals surface area (Å²) in [6.45, 7) is 0.612. The van der Waals surface area contributed by atoms with E-state index in [0.717, 1.165) is 28.0 Å². The number of carbonyl (C=O) groups excluding carboxylic acids is 1. The molecular formula is C28H22N2O4. The highest BCUT2D eigenvalue weighted by Gasteiger charge is 2.12. The number of amides is 1. The highest BCUT2D eigenvalue weighted by Crippen LogP contribution is 2.32. The number of carbonyl (C=O) groups is 1. The van der Waals surface area contributed by atoms with Gasteiger partial charge in [-0.25, -0.2) is 5.43 Å². The van der Waals surface area contributed by atoms with Crippen molar-refractivity contribution in [2.75, 3.05) is 6.79 Å². The number of nitrogens with one attached hydrogen (secondary N) is 1. The number of rotatable bonds is 7. The smallest absolute Gasteiger partial charge is 0.271 e. The van der Waals surface area contributed by atoms with Gasteiger partial charge < -0.3 is 14.2 Å². The van der Waals surface area contributed by atoms with Gasteiger partial charge in [-0.3, -0.25) is 4.79 Å². The minimum absolute atomic E-state index is 0.216. The van der Waals surface area contributed by atoms with Crippen molar-refractivity contribution in [3.8, 4) is 28.4 Å². The monoisotopic (exact) mass is 450 g/mol. The molecule has 1 aliphatic rings. The second-order valence-electron chi connectivity index (χ2n) is 7.66. The van der Waals surface area contributed by atoms with Gasteiger partial charge in [0.1, 0.15) is 12.4 Å². The molecule has 1 aliphatic heterocycles. The summed E-state index contributed by atoms with van der Waals surface area (Å²) in [5.74, 6) is 1.89. The van der Waals surface area contributed by atoms with Crippen LogP contribution in [0.2, 0.25) is 0 Å². The lowest BCUT2D eigenvalue weighted by Gasteiger charge is -2.12. The number of hydrazone groups is 1. The molecule has 168 valence electrons. The number of fused-ring (bicyclic) bond motifs is 1. The maximum Gasteiger partial charge on any atom is 0.271 e. The van der Waals surface area contributed by atoms with E-state index in [2.05, 4.69) is 22.7 Å². The van der Waals surface area contributed by atoms with Crippen molar-refractivity contribution in [3.05, 3.63) is 114 Å². The number of hydrogen-bond donors (Lipinski definition) is 1. The second-order valence-corrected chi connectivity index (χ2v) is 7.66. The summed E-state index contributed by atoms with van der Waals surface area (Å²) in [5, 5.41) is 4.03. The molecule has 0 unspecified atom stereocenters. The maximum absolute atomic E-state index is 12.4. The number of ether oxygens (including phenoxy) is 3. The van der Waals surface area contributed by atoms with E-state index >= 15 is 0 Å². The summed E-state index contributed by atoms with van der Waals surface area (Å²) in [4.78, 5) is 12.4. The molecule has 0 saturated carbocycles. The summed E-state index contributed by atoms with van der Waals surface area (Å²) in [6, 6.07) is 30.8. The van der Waals surface area contributed by atoms with E-state index in [1.165, 1.54) is 0 Å². The lowest BCUT2D eigenvalue weighted by Crippen LogP contribution is -2.17. The van der Waals surface area contributed by atoms with Gasteiger partial charge in [-0.15, -0.1) is 0 Å². The molecule has 0 radical (unpaired) electrons. The largest absolute Gasteiger partial charge is 0.488 e. The molecule has 1 amide bonds. The van der Waals surface area contributed by atoms with E-state index in [-0.39, 0.29) is 12.7 Å². The van der Waals surface area contributed by atoms with Crippen LogP contribution in [0, 0.1) is 0 Å². The molecule has 0 spiro atoms. The molecule has 0 bridgehead atoms. The first kappa shape index (κ1) is 21.3. The SMILES string of the molecule is O=C(NN=Cc1ccc2c(c1)OCO2)c1ccc(COc2ccccc2-c2ccccc2)cc1. The predicted molar refractivity (Wildman–Crippen MR) is 130 cm³/mol. The Morgan fingerprint density at radius 2 is 1.65 bits per heavy atom. The number of nitrogens with zero attached hydrogens (tertiary/aromatic N) is 1. The van der Waals surface area contributed by atoms with Crippen LogP contribution in [0.1, 0.15) is 21.5 Å². The maximum atomic E-state index is 12.4. The van der Waals surface area contributed by atoms with Gasteiger partial charge in [0.2, 0.25) is 6.79 Å². The van der Waals surface area contributed by atoms with E-state index in [1.54, 1.807) is 18.3 Å². The molecular weight excluding hydrogens is 428 g/mol. The molecule has 0 aromatic heterocycles. The Bertz CT molecular complexity index is 1320. The van der Waals surface area contributed by atoms with Crippen molar-refractivity contribution >= 4 is 12.1 Å². The molecule has 34 heavy (non-hydrogen) atoms. The Morgan fingerprint density at radius 1 is 0.882 bits per heavy atom. The van der Waals surface area contributed by atoms with Gasteiger partial charge in [-0.2, -0.15) is 5.10 Å². The van der Waals surface area contributed by atoms with Crippen molar-refractivity contribution < 1.29 is 19.0 Å². The molecule has 4 aromatic carbocycles. The molecule has 6 heteroatoms. The number of hydrogen-bond acceptors (Lipinski definition) is 5. The Morgan fingerprint density at radius 3 is 2.50 bits per heavy atom. The summed E-state index contributed by atoms with van der Waals surface area (Å²) >= 11 is 0. The van der Waals surface area contributed by atoms with Crippen LogP contribution in [0.3, 0.4) is 0 Å². The van der Waals surface area contributed by atoms with Crippen molar-refractivity contribution in [2.24, 2.45) is 5.10 Å². The summed E-state index contributed by atoms with van der Waals surface area (Å²) < 4.78 is 16.7. The van der Waals surface area contributed by atoms with Crippen LogP contribution in [0.4, 0.5) is 0 Å². The molecule has 0 aliphatic carbocycles.